The SMILES string of the molecule is CCC=COC(CCC)(CCCCCCCC)C(CC)(OCC)OCC. The number of ether oxygens (including phenoxy) is 3. The van der Waals surface area contributed by atoms with Crippen LogP contribution in [0.1, 0.15) is 112 Å². The Kier molecular flexibility index (Phi) is 15.2. The monoisotopic (exact) mass is 370 g/mol. The van der Waals surface area contributed by atoms with E-state index in [2.05, 4.69) is 33.8 Å². The van der Waals surface area contributed by atoms with E-state index in [0.717, 1.165) is 38.5 Å². The third-order valence-corrected chi connectivity index (χ3v) is 5.13. The van der Waals surface area contributed by atoms with E-state index in [1.807, 2.05) is 20.1 Å². The summed E-state index contributed by atoms with van der Waals surface area (Å²) in [5, 5.41) is 0. The third-order valence-electron chi connectivity index (χ3n) is 5.13. The number of rotatable bonds is 18. The van der Waals surface area contributed by atoms with Gasteiger partial charge in [0.15, 0.2) is 5.60 Å². The van der Waals surface area contributed by atoms with E-state index >= 15 is 0 Å². The summed E-state index contributed by atoms with van der Waals surface area (Å²) in [5.74, 6) is -0.673. The van der Waals surface area contributed by atoms with Crippen LogP contribution in [-0.2, 0) is 14.2 Å². The molecule has 0 aromatic rings. The molecule has 0 heterocycles. The summed E-state index contributed by atoms with van der Waals surface area (Å²) >= 11 is 0. The van der Waals surface area contributed by atoms with Crippen LogP contribution in [0.15, 0.2) is 12.3 Å². The minimum Gasteiger partial charge on any atom is -0.490 e. The molecule has 1 atom stereocenters. The summed E-state index contributed by atoms with van der Waals surface area (Å²) in [7, 11) is 0. The van der Waals surface area contributed by atoms with Crippen molar-refractivity contribution in [2.24, 2.45) is 0 Å². The third kappa shape index (κ3) is 8.00. The second-order valence-corrected chi connectivity index (χ2v) is 7.13. The lowest BCUT2D eigenvalue weighted by Crippen LogP contribution is -2.58. The van der Waals surface area contributed by atoms with Crippen molar-refractivity contribution in [1.82, 2.24) is 0 Å². The minimum atomic E-state index is -0.673. The van der Waals surface area contributed by atoms with Gasteiger partial charge in [-0.25, -0.2) is 0 Å². The maximum atomic E-state index is 6.47. The fraction of sp³-hybridized carbons (Fsp3) is 0.913. The van der Waals surface area contributed by atoms with Crippen molar-refractivity contribution in [2.45, 2.75) is 124 Å². The highest BCUT2D eigenvalue weighted by Crippen LogP contribution is 2.42. The zero-order valence-corrected chi connectivity index (χ0v) is 18.6. The van der Waals surface area contributed by atoms with Crippen LogP contribution in [0.3, 0.4) is 0 Å². The van der Waals surface area contributed by atoms with Crippen LogP contribution in [0.4, 0.5) is 0 Å². The Labute approximate surface area is 163 Å². The molecule has 0 aliphatic carbocycles. The first-order chi connectivity index (χ1) is 12.6. The van der Waals surface area contributed by atoms with Crippen molar-refractivity contribution in [1.29, 1.82) is 0 Å². The molecular formula is C23H46O3. The molecule has 0 N–H and O–H groups in total. The van der Waals surface area contributed by atoms with E-state index in [4.69, 9.17) is 14.2 Å². The van der Waals surface area contributed by atoms with Gasteiger partial charge in [-0.15, -0.1) is 0 Å². The van der Waals surface area contributed by atoms with Gasteiger partial charge in [0.25, 0.3) is 0 Å². The lowest BCUT2D eigenvalue weighted by molar-refractivity contribution is -0.325. The lowest BCUT2D eigenvalue weighted by atomic mass is 9.81. The van der Waals surface area contributed by atoms with Crippen molar-refractivity contribution in [3.63, 3.8) is 0 Å². The smallest absolute Gasteiger partial charge is 0.208 e. The molecule has 156 valence electrons. The van der Waals surface area contributed by atoms with Crippen LogP contribution >= 0.6 is 0 Å². The summed E-state index contributed by atoms with van der Waals surface area (Å²) in [6.07, 6.45) is 16.4. The van der Waals surface area contributed by atoms with Gasteiger partial charge in [0.1, 0.15) is 0 Å². The Hall–Kier alpha value is -0.540. The molecule has 3 nitrogen and oxygen atoms in total. The van der Waals surface area contributed by atoms with Gasteiger partial charge < -0.3 is 14.2 Å². The highest BCUT2D eigenvalue weighted by molar-refractivity contribution is 4.98. The highest BCUT2D eigenvalue weighted by atomic mass is 16.7. The zero-order valence-electron chi connectivity index (χ0n) is 18.6. The second kappa shape index (κ2) is 15.5. The first-order valence-corrected chi connectivity index (χ1v) is 11.2. The Balaban J connectivity index is 5.43. The molecule has 0 radical (unpaired) electrons. The predicted octanol–water partition coefficient (Wildman–Crippen LogP) is 7.40. The fourth-order valence-corrected chi connectivity index (χ4v) is 3.88. The van der Waals surface area contributed by atoms with Crippen molar-refractivity contribution in [2.75, 3.05) is 13.2 Å². The van der Waals surface area contributed by atoms with Gasteiger partial charge in [0.05, 0.1) is 6.26 Å². The van der Waals surface area contributed by atoms with Gasteiger partial charge in [-0.1, -0.05) is 72.3 Å². The van der Waals surface area contributed by atoms with Crippen LogP contribution in [0.25, 0.3) is 0 Å². The van der Waals surface area contributed by atoms with Gasteiger partial charge in [0.2, 0.25) is 5.79 Å². The van der Waals surface area contributed by atoms with E-state index < -0.39 is 11.4 Å². The summed E-state index contributed by atoms with van der Waals surface area (Å²) in [5.41, 5.74) is -0.418. The quantitative estimate of drug-likeness (QED) is 0.143. The molecule has 0 bridgehead atoms. The molecule has 26 heavy (non-hydrogen) atoms. The van der Waals surface area contributed by atoms with Crippen molar-refractivity contribution < 1.29 is 14.2 Å². The summed E-state index contributed by atoms with van der Waals surface area (Å²) in [4.78, 5) is 0. The lowest BCUT2D eigenvalue weighted by Gasteiger charge is -2.48. The topological polar surface area (TPSA) is 27.7 Å². The average Bonchev–Trinajstić information content (AvgIpc) is 2.64. The average molecular weight is 371 g/mol. The number of hydrogen-bond acceptors (Lipinski definition) is 3. The Morgan fingerprint density at radius 2 is 1.31 bits per heavy atom. The van der Waals surface area contributed by atoms with Crippen molar-refractivity contribution >= 4 is 0 Å². The maximum absolute atomic E-state index is 6.47. The number of allylic oxidation sites excluding steroid dienone is 1. The molecule has 0 amide bonds. The van der Waals surface area contributed by atoms with Crippen LogP contribution in [0.2, 0.25) is 0 Å². The van der Waals surface area contributed by atoms with E-state index in [9.17, 15) is 0 Å². The normalized spacial score (nSPS) is 14.7. The molecule has 0 fully saturated rings. The molecule has 0 spiro atoms. The van der Waals surface area contributed by atoms with Gasteiger partial charge in [-0.3, -0.25) is 0 Å². The Morgan fingerprint density at radius 1 is 0.692 bits per heavy atom. The first kappa shape index (κ1) is 25.5. The second-order valence-electron chi connectivity index (χ2n) is 7.13. The van der Waals surface area contributed by atoms with E-state index in [0.29, 0.717) is 13.2 Å². The molecule has 3 heteroatoms. The van der Waals surface area contributed by atoms with E-state index in [-0.39, 0.29) is 0 Å². The summed E-state index contributed by atoms with van der Waals surface area (Å²) in [6, 6.07) is 0. The van der Waals surface area contributed by atoms with Crippen LogP contribution < -0.4 is 0 Å². The maximum Gasteiger partial charge on any atom is 0.208 e. The molecule has 1 unspecified atom stereocenters. The van der Waals surface area contributed by atoms with E-state index in [1.165, 1.54) is 32.1 Å². The molecule has 0 aliphatic rings. The largest absolute Gasteiger partial charge is 0.490 e. The molecule has 0 saturated heterocycles. The van der Waals surface area contributed by atoms with Gasteiger partial charge in [-0.05, 0) is 39.5 Å². The number of unbranched alkanes of at least 4 members (excludes halogenated alkanes) is 5. The Morgan fingerprint density at radius 3 is 1.81 bits per heavy atom. The standard InChI is InChI=1S/C23H46O3/c1-7-13-15-16-17-18-20-22(19-9-3,26-21-14-8-2)23(10-4,24-11-5)25-12-6/h14,21H,7-13,15-20H2,1-6H3. The molecule has 0 aromatic carbocycles. The summed E-state index contributed by atoms with van der Waals surface area (Å²) in [6.45, 7) is 14.1. The predicted molar refractivity (Wildman–Crippen MR) is 112 cm³/mol. The Bertz CT molecular complexity index is 334. The minimum absolute atomic E-state index is 0.418. The first-order valence-electron chi connectivity index (χ1n) is 11.2. The molecule has 0 rings (SSSR count). The van der Waals surface area contributed by atoms with Gasteiger partial charge >= 0.3 is 0 Å². The fourth-order valence-electron chi connectivity index (χ4n) is 3.88. The van der Waals surface area contributed by atoms with E-state index in [1.54, 1.807) is 0 Å². The van der Waals surface area contributed by atoms with Crippen LogP contribution in [-0.4, -0.2) is 24.6 Å². The highest BCUT2D eigenvalue weighted by Gasteiger charge is 2.53. The van der Waals surface area contributed by atoms with Gasteiger partial charge in [0, 0.05) is 19.6 Å². The summed E-state index contributed by atoms with van der Waals surface area (Å²) < 4.78 is 19.0. The molecule has 0 saturated carbocycles. The molecular weight excluding hydrogens is 324 g/mol. The van der Waals surface area contributed by atoms with Crippen LogP contribution in [0.5, 0.6) is 0 Å². The van der Waals surface area contributed by atoms with Gasteiger partial charge in [-0.2, -0.15) is 0 Å². The van der Waals surface area contributed by atoms with Crippen molar-refractivity contribution in [3.05, 3.63) is 12.3 Å². The zero-order chi connectivity index (χ0) is 19.7. The van der Waals surface area contributed by atoms with Crippen molar-refractivity contribution in [3.8, 4) is 0 Å². The molecule has 0 aliphatic heterocycles. The van der Waals surface area contributed by atoms with Crippen LogP contribution in [0, 0.1) is 0 Å². The number of hydrogen-bond donors (Lipinski definition) is 0. The molecule has 0 aromatic heterocycles.